The Morgan fingerprint density at radius 2 is 1.84 bits per heavy atom. The second-order valence-corrected chi connectivity index (χ2v) is 7.45. The molecule has 2 saturated heterocycles. The monoisotopic (exact) mass is 343 g/mol. The first kappa shape index (κ1) is 17.9. The fourth-order valence-electron chi connectivity index (χ4n) is 3.82. The summed E-state index contributed by atoms with van der Waals surface area (Å²) < 4.78 is 0. The van der Waals surface area contributed by atoms with Crippen LogP contribution in [0.1, 0.15) is 49.3 Å². The number of nitrogens with two attached hydrogens (primary N) is 1. The predicted molar refractivity (Wildman–Crippen MR) is 97.8 cm³/mol. The predicted octanol–water partition coefficient (Wildman–Crippen LogP) is 2.25. The molecule has 0 spiro atoms. The zero-order valence-corrected chi connectivity index (χ0v) is 15.1. The molecule has 2 aliphatic heterocycles. The van der Waals surface area contributed by atoms with Gasteiger partial charge >= 0.3 is 0 Å². The maximum Gasteiger partial charge on any atom is 0.244 e. The molecule has 5 nitrogen and oxygen atoms in total. The van der Waals surface area contributed by atoms with Crippen molar-refractivity contribution in [3.8, 4) is 0 Å². The third kappa shape index (κ3) is 4.40. The molecule has 2 amide bonds. The van der Waals surface area contributed by atoms with Gasteiger partial charge in [-0.25, -0.2) is 0 Å². The molecule has 0 aliphatic carbocycles. The van der Waals surface area contributed by atoms with Crippen LogP contribution in [0.5, 0.6) is 0 Å². The molecule has 3 rings (SSSR count). The van der Waals surface area contributed by atoms with E-state index in [0.717, 1.165) is 63.0 Å². The van der Waals surface area contributed by atoms with Crippen molar-refractivity contribution in [2.45, 2.75) is 45.1 Å². The van der Waals surface area contributed by atoms with Gasteiger partial charge in [-0.05, 0) is 44.1 Å². The first-order chi connectivity index (χ1) is 12.0. The van der Waals surface area contributed by atoms with Gasteiger partial charge in [0.15, 0.2) is 0 Å². The van der Waals surface area contributed by atoms with E-state index in [1.807, 2.05) is 41.0 Å². The number of amides is 2. The van der Waals surface area contributed by atoms with Gasteiger partial charge in [0.2, 0.25) is 11.8 Å². The summed E-state index contributed by atoms with van der Waals surface area (Å²) in [5, 5.41) is 0. The average molecular weight is 343 g/mol. The fraction of sp³-hybridized carbons (Fsp3) is 0.600. The number of carbonyl (C=O) groups excluding carboxylic acids is 2. The van der Waals surface area contributed by atoms with Crippen LogP contribution in [0.2, 0.25) is 0 Å². The van der Waals surface area contributed by atoms with E-state index >= 15 is 0 Å². The van der Waals surface area contributed by atoms with Crippen LogP contribution in [0.25, 0.3) is 0 Å². The Labute approximate surface area is 150 Å². The first-order valence-electron chi connectivity index (χ1n) is 9.43. The van der Waals surface area contributed by atoms with Crippen LogP contribution in [0.4, 0.5) is 0 Å². The van der Waals surface area contributed by atoms with E-state index in [1.54, 1.807) is 0 Å². The zero-order chi connectivity index (χ0) is 17.8. The van der Waals surface area contributed by atoms with Crippen molar-refractivity contribution in [3.63, 3.8) is 0 Å². The molecule has 2 fully saturated rings. The molecule has 2 aliphatic rings. The minimum Gasteiger partial charge on any atom is -0.342 e. The number of aryl methyl sites for hydroxylation is 1. The van der Waals surface area contributed by atoms with E-state index in [4.69, 9.17) is 5.73 Å². The van der Waals surface area contributed by atoms with Gasteiger partial charge in [0.05, 0.1) is 0 Å². The van der Waals surface area contributed by atoms with Gasteiger partial charge in [-0.1, -0.05) is 29.8 Å². The van der Waals surface area contributed by atoms with Crippen LogP contribution in [-0.2, 0) is 9.59 Å². The Hall–Kier alpha value is -1.88. The lowest BCUT2D eigenvalue weighted by Crippen LogP contribution is -2.46. The number of rotatable bonds is 4. The third-order valence-electron chi connectivity index (χ3n) is 5.53. The van der Waals surface area contributed by atoms with Crippen LogP contribution in [-0.4, -0.2) is 47.8 Å². The summed E-state index contributed by atoms with van der Waals surface area (Å²) >= 11 is 0. The number of hydrogen-bond donors (Lipinski definition) is 1. The summed E-state index contributed by atoms with van der Waals surface area (Å²) in [5.74, 6) is 0.809. The number of carbonyl (C=O) groups is 2. The first-order valence-corrected chi connectivity index (χ1v) is 9.43. The third-order valence-corrected chi connectivity index (χ3v) is 5.53. The van der Waals surface area contributed by atoms with Gasteiger partial charge in [-0.2, -0.15) is 0 Å². The van der Waals surface area contributed by atoms with Crippen molar-refractivity contribution in [2.24, 2.45) is 11.7 Å². The van der Waals surface area contributed by atoms with E-state index in [2.05, 4.69) is 0 Å². The molecule has 1 aromatic carbocycles. The van der Waals surface area contributed by atoms with Crippen LogP contribution < -0.4 is 5.73 Å². The van der Waals surface area contributed by atoms with Crippen molar-refractivity contribution in [3.05, 3.63) is 35.4 Å². The summed E-state index contributed by atoms with van der Waals surface area (Å²) in [6, 6.07) is 7.27. The number of nitrogens with zero attached hydrogens (tertiary/aromatic N) is 2. The maximum atomic E-state index is 12.7. The van der Waals surface area contributed by atoms with Gasteiger partial charge < -0.3 is 15.5 Å². The molecule has 1 unspecified atom stereocenters. The topological polar surface area (TPSA) is 66.6 Å². The molecule has 1 aromatic rings. The number of benzene rings is 1. The minimum absolute atomic E-state index is 0.0105. The second-order valence-electron chi connectivity index (χ2n) is 7.45. The molecule has 0 aromatic heterocycles. The lowest BCUT2D eigenvalue weighted by molar-refractivity contribution is -0.137. The quantitative estimate of drug-likeness (QED) is 0.912. The molecule has 136 valence electrons. The number of piperidine rings is 2. The van der Waals surface area contributed by atoms with Crippen LogP contribution in [0.15, 0.2) is 24.3 Å². The Kier molecular flexibility index (Phi) is 5.74. The summed E-state index contributed by atoms with van der Waals surface area (Å²) in [4.78, 5) is 28.5. The van der Waals surface area contributed by atoms with Crippen LogP contribution in [0, 0.1) is 12.8 Å². The summed E-state index contributed by atoms with van der Waals surface area (Å²) in [6.45, 7) is 5.26. The van der Waals surface area contributed by atoms with E-state index in [-0.39, 0.29) is 5.91 Å². The summed E-state index contributed by atoms with van der Waals surface area (Å²) in [6.07, 6.45) is 4.75. The lowest BCUT2D eigenvalue weighted by Gasteiger charge is -2.37. The highest BCUT2D eigenvalue weighted by Gasteiger charge is 2.29. The van der Waals surface area contributed by atoms with Crippen molar-refractivity contribution in [1.29, 1.82) is 0 Å². The van der Waals surface area contributed by atoms with Gasteiger partial charge in [0.25, 0.3) is 0 Å². The Morgan fingerprint density at radius 3 is 2.48 bits per heavy atom. The van der Waals surface area contributed by atoms with Crippen molar-refractivity contribution < 1.29 is 9.59 Å². The van der Waals surface area contributed by atoms with Gasteiger partial charge in [-0.3, -0.25) is 9.59 Å². The smallest absolute Gasteiger partial charge is 0.244 e. The highest BCUT2D eigenvalue weighted by molar-refractivity contribution is 5.83. The zero-order valence-electron chi connectivity index (χ0n) is 15.1. The number of likely N-dealkylation sites (tertiary alicyclic amines) is 2. The minimum atomic E-state index is -0.583. The van der Waals surface area contributed by atoms with Crippen LogP contribution in [0.3, 0.4) is 0 Å². The molecule has 25 heavy (non-hydrogen) atoms. The standard InChI is InChI=1S/C20H29N3O2/c1-15-5-7-17(8-6-15)19(21)20(25)22-12-9-16(10-13-22)14-23-11-3-2-4-18(23)24/h5-8,16,19H,2-4,9-14,21H2,1H3. The molecule has 2 N–H and O–H groups in total. The van der Waals surface area contributed by atoms with Crippen molar-refractivity contribution in [1.82, 2.24) is 9.80 Å². The van der Waals surface area contributed by atoms with E-state index in [0.29, 0.717) is 18.2 Å². The summed E-state index contributed by atoms with van der Waals surface area (Å²) in [5.41, 5.74) is 8.21. The number of hydrogen-bond acceptors (Lipinski definition) is 3. The largest absolute Gasteiger partial charge is 0.342 e. The lowest BCUT2D eigenvalue weighted by atomic mass is 9.94. The molecular weight excluding hydrogens is 314 g/mol. The average Bonchev–Trinajstić information content (AvgIpc) is 2.64. The fourth-order valence-corrected chi connectivity index (χ4v) is 3.82. The second kappa shape index (κ2) is 8.00. The van der Waals surface area contributed by atoms with Gasteiger partial charge in [0.1, 0.15) is 6.04 Å². The Bertz CT molecular complexity index is 606. The van der Waals surface area contributed by atoms with Crippen LogP contribution >= 0.6 is 0 Å². The SMILES string of the molecule is Cc1ccc(C(N)C(=O)N2CCC(CN3CCCCC3=O)CC2)cc1. The van der Waals surface area contributed by atoms with Crippen molar-refractivity contribution >= 4 is 11.8 Å². The highest BCUT2D eigenvalue weighted by atomic mass is 16.2. The molecule has 2 heterocycles. The van der Waals surface area contributed by atoms with Gasteiger partial charge in [0, 0.05) is 32.6 Å². The van der Waals surface area contributed by atoms with E-state index in [9.17, 15) is 9.59 Å². The molecule has 5 heteroatoms. The van der Waals surface area contributed by atoms with E-state index in [1.165, 1.54) is 0 Å². The molecule has 1 atom stereocenters. The molecular formula is C20H29N3O2. The normalized spacial score (nSPS) is 20.6. The molecule has 0 radical (unpaired) electrons. The maximum absolute atomic E-state index is 12.7. The Balaban J connectivity index is 1.50. The summed E-state index contributed by atoms with van der Waals surface area (Å²) in [7, 11) is 0. The molecule has 0 bridgehead atoms. The Morgan fingerprint density at radius 1 is 1.16 bits per heavy atom. The van der Waals surface area contributed by atoms with Crippen molar-refractivity contribution in [2.75, 3.05) is 26.2 Å². The highest BCUT2D eigenvalue weighted by Crippen LogP contribution is 2.23. The molecule has 0 saturated carbocycles. The van der Waals surface area contributed by atoms with Gasteiger partial charge in [-0.15, -0.1) is 0 Å². The van der Waals surface area contributed by atoms with E-state index < -0.39 is 6.04 Å².